The Labute approximate surface area is 113 Å². The molecule has 2 rings (SSSR count). The van der Waals surface area contributed by atoms with E-state index in [9.17, 15) is 0 Å². The van der Waals surface area contributed by atoms with Crippen LogP contribution >= 0.6 is 15.9 Å². The molecule has 1 unspecified atom stereocenters. The van der Waals surface area contributed by atoms with Gasteiger partial charge in [-0.15, -0.1) is 0 Å². The zero-order valence-electron chi connectivity index (χ0n) is 10.7. The molecule has 94 valence electrons. The molecule has 1 N–H and O–H groups in total. The number of likely N-dealkylation sites (tertiary alicyclic amines) is 1. The Morgan fingerprint density at radius 2 is 2.29 bits per heavy atom. The minimum Gasteiger partial charge on any atom is -0.312 e. The SMILES string of the molecule is Cc1ccc(CNCC2CCN(C)C2)c(Br)c1. The minimum atomic E-state index is 0.823. The van der Waals surface area contributed by atoms with E-state index in [2.05, 4.69) is 58.3 Å². The molecule has 0 saturated carbocycles. The molecule has 1 aliphatic rings. The number of hydrogen-bond donors (Lipinski definition) is 1. The Bertz CT molecular complexity index is 378. The van der Waals surface area contributed by atoms with E-state index in [-0.39, 0.29) is 0 Å². The predicted molar refractivity (Wildman–Crippen MR) is 76.2 cm³/mol. The molecule has 2 nitrogen and oxygen atoms in total. The van der Waals surface area contributed by atoms with Crippen molar-refractivity contribution in [2.24, 2.45) is 5.92 Å². The van der Waals surface area contributed by atoms with Gasteiger partial charge in [-0.25, -0.2) is 0 Å². The first-order valence-corrected chi connectivity index (χ1v) is 7.09. The lowest BCUT2D eigenvalue weighted by Gasteiger charge is -2.12. The lowest BCUT2D eigenvalue weighted by Crippen LogP contribution is -2.24. The first kappa shape index (κ1) is 13.1. The topological polar surface area (TPSA) is 15.3 Å². The van der Waals surface area contributed by atoms with Crippen LogP contribution in [0.5, 0.6) is 0 Å². The molecule has 0 radical (unpaired) electrons. The highest BCUT2D eigenvalue weighted by Crippen LogP contribution is 2.18. The lowest BCUT2D eigenvalue weighted by molar-refractivity contribution is 0.388. The van der Waals surface area contributed by atoms with E-state index in [1.54, 1.807) is 0 Å². The fourth-order valence-electron chi connectivity index (χ4n) is 2.40. The van der Waals surface area contributed by atoms with Gasteiger partial charge in [0.25, 0.3) is 0 Å². The molecule has 3 heteroatoms. The zero-order chi connectivity index (χ0) is 12.3. The Kier molecular flexibility index (Phi) is 4.60. The van der Waals surface area contributed by atoms with Gasteiger partial charge in [0.1, 0.15) is 0 Å². The van der Waals surface area contributed by atoms with Gasteiger partial charge in [0.2, 0.25) is 0 Å². The molecule has 1 atom stereocenters. The van der Waals surface area contributed by atoms with Gasteiger partial charge >= 0.3 is 0 Å². The molecule has 17 heavy (non-hydrogen) atoms. The van der Waals surface area contributed by atoms with Gasteiger partial charge in [0.05, 0.1) is 0 Å². The van der Waals surface area contributed by atoms with Crippen molar-refractivity contribution in [3.63, 3.8) is 0 Å². The normalized spacial score (nSPS) is 21.0. The van der Waals surface area contributed by atoms with Crippen LogP contribution in [0, 0.1) is 12.8 Å². The maximum atomic E-state index is 3.62. The van der Waals surface area contributed by atoms with Crippen LogP contribution in [0.1, 0.15) is 17.5 Å². The number of halogens is 1. The third-order valence-corrected chi connectivity index (χ3v) is 4.18. The Morgan fingerprint density at radius 3 is 2.94 bits per heavy atom. The van der Waals surface area contributed by atoms with Gasteiger partial charge in [-0.1, -0.05) is 28.1 Å². The van der Waals surface area contributed by atoms with Crippen LogP contribution in [0.25, 0.3) is 0 Å². The molecule has 1 aliphatic heterocycles. The molecule has 1 aromatic rings. The molecule has 0 aliphatic carbocycles. The van der Waals surface area contributed by atoms with Gasteiger partial charge < -0.3 is 10.2 Å². The van der Waals surface area contributed by atoms with E-state index >= 15 is 0 Å². The van der Waals surface area contributed by atoms with Crippen molar-refractivity contribution < 1.29 is 0 Å². The Balaban J connectivity index is 1.78. The van der Waals surface area contributed by atoms with Crippen molar-refractivity contribution in [2.45, 2.75) is 19.9 Å². The van der Waals surface area contributed by atoms with Gasteiger partial charge in [0.15, 0.2) is 0 Å². The lowest BCUT2D eigenvalue weighted by atomic mass is 10.1. The standard InChI is InChI=1S/C14H21BrN2/c1-11-3-4-13(14(15)7-11)9-16-8-12-5-6-17(2)10-12/h3-4,7,12,16H,5-6,8-10H2,1-2H3. The third kappa shape index (κ3) is 3.80. The molecular formula is C14H21BrN2. The predicted octanol–water partition coefficient (Wildman–Crippen LogP) is 2.80. The van der Waals surface area contributed by atoms with Crippen molar-refractivity contribution in [3.05, 3.63) is 33.8 Å². The van der Waals surface area contributed by atoms with E-state index in [1.165, 1.54) is 35.1 Å². The fourth-order valence-corrected chi connectivity index (χ4v) is 3.03. The third-order valence-electron chi connectivity index (χ3n) is 3.45. The van der Waals surface area contributed by atoms with E-state index < -0.39 is 0 Å². The number of nitrogens with one attached hydrogen (secondary N) is 1. The van der Waals surface area contributed by atoms with Gasteiger partial charge in [-0.2, -0.15) is 0 Å². The summed E-state index contributed by atoms with van der Waals surface area (Å²) in [6.45, 7) is 6.70. The maximum absolute atomic E-state index is 3.62. The van der Waals surface area contributed by atoms with Crippen LogP contribution in [-0.2, 0) is 6.54 Å². The number of benzene rings is 1. The van der Waals surface area contributed by atoms with Crippen LogP contribution in [0.15, 0.2) is 22.7 Å². The highest BCUT2D eigenvalue weighted by molar-refractivity contribution is 9.10. The van der Waals surface area contributed by atoms with E-state index in [0.29, 0.717) is 0 Å². The van der Waals surface area contributed by atoms with Crippen LogP contribution in [0.2, 0.25) is 0 Å². The minimum absolute atomic E-state index is 0.823. The quantitative estimate of drug-likeness (QED) is 0.919. The first-order valence-electron chi connectivity index (χ1n) is 6.29. The van der Waals surface area contributed by atoms with Crippen molar-refractivity contribution >= 4 is 15.9 Å². The van der Waals surface area contributed by atoms with Gasteiger partial charge in [-0.3, -0.25) is 0 Å². The summed E-state index contributed by atoms with van der Waals surface area (Å²) in [6.07, 6.45) is 1.33. The molecule has 1 heterocycles. The smallest absolute Gasteiger partial charge is 0.0222 e. The van der Waals surface area contributed by atoms with Crippen molar-refractivity contribution in [1.29, 1.82) is 0 Å². The largest absolute Gasteiger partial charge is 0.312 e. The molecule has 0 amide bonds. The maximum Gasteiger partial charge on any atom is 0.0222 e. The van der Waals surface area contributed by atoms with Crippen LogP contribution in [-0.4, -0.2) is 31.6 Å². The molecule has 1 fully saturated rings. The van der Waals surface area contributed by atoms with Crippen LogP contribution < -0.4 is 5.32 Å². The van der Waals surface area contributed by atoms with Gasteiger partial charge in [0, 0.05) is 17.6 Å². The summed E-state index contributed by atoms with van der Waals surface area (Å²) >= 11 is 3.62. The van der Waals surface area contributed by atoms with Crippen LogP contribution in [0.3, 0.4) is 0 Å². The second-order valence-corrected chi connectivity index (χ2v) is 6.00. The van der Waals surface area contributed by atoms with E-state index in [1.807, 2.05) is 0 Å². The number of aryl methyl sites for hydroxylation is 1. The highest BCUT2D eigenvalue weighted by Gasteiger charge is 2.18. The molecule has 0 bridgehead atoms. The first-order chi connectivity index (χ1) is 8.15. The van der Waals surface area contributed by atoms with Crippen molar-refractivity contribution in [3.8, 4) is 0 Å². The summed E-state index contributed by atoms with van der Waals surface area (Å²) in [7, 11) is 2.20. The summed E-state index contributed by atoms with van der Waals surface area (Å²) in [4.78, 5) is 2.41. The fraction of sp³-hybridized carbons (Fsp3) is 0.571. The van der Waals surface area contributed by atoms with E-state index in [4.69, 9.17) is 0 Å². The molecular weight excluding hydrogens is 276 g/mol. The second-order valence-electron chi connectivity index (χ2n) is 5.14. The highest BCUT2D eigenvalue weighted by atomic mass is 79.9. The summed E-state index contributed by atoms with van der Waals surface area (Å²) < 4.78 is 1.22. The average Bonchev–Trinajstić information content (AvgIpc) is 2.68. The number of hydrogen-bond acceptors (Lipinski definition) is 2. The molecule has 0 spiro atoms. The number of rotatable bonds is 4. The summed E-state index contributed by atoms with van der Waals surface area (Å²) in [5, 5.41) is 3.57. The van der Waals surface area contributed by atoms with Gasteiger partial charge in [-0.05, 0) is 56.6 Å². The van der Waals surface area contributed by atoms with E-state index in [0.717, 1.165) is 19.0 Å². The molecule has 0 aromatic heterocycles. The summed E-state index contributed by atoms with van der Waals surface area (Å²) in [5.41, 5.74) is 2.65. The van der Waals surface area contributed by atoms with Crippen molar-refractivity contribution in [1.82, 2.24) is 10.2 Å². The summed E-state index contributed by atoms with van der Waals surface area (Å²) in [5.74, 6) is 0.823. The van der Waals surface area contributed by atoms with Crippen molar-refractivity contribution in [2.75, 3.05) is 26.7 Å². The molecule has 1 saturated heterocycles. The number of nitrogens with zero attached hydrogens (tertiary/aromatic N) is 1. The monoisotopic (exact) mass is 296 g/mol. The Morgan fingerprint density at radius 1 is 1.47 bits per heavy atom. The average molecular weight is 297 g/mol. The summed E-state index contributed by atoms with van der Waals surface area (Å²) in [6, 6.07) is 6.55. The second kappa shape index (κ2) is 5.98. The molecule has 1 aromatic carbocycles. The zero-order valence-corrected chi connectivity index (χ0v) is 12.3. The Hall–Kier alpha value is -0.380. The van der Waals surface area contributed by atoms with Crippen LogP contribution in [0.4, 0.5) is 0 Å².